The maximum atomic E-state index is 11.1. The Morgan fingerprint density at radius 1 is 1.50 bits per heavy atom. The zero-order valence-corrected chi connectivity index (χ0v) is 9.11. The molecule has 0 saturated heterocycles. The summed E-state index contributed by atoms with van der Waals surface area (Å²) >= 11 is 0. The van der Waals surface area contributed by atoms with Crippen LogP contribution in [0.1, 0.15) is 11.1 Å². The number of esters is 1. The van der Waals surface area contributed by atoms with E-state index in [0.29, 0.717) is 22.6 Å². The highest BCUT2D eigenvalue weighted by atomic mass is 16.5. The van der Waals surface area contributed by atoms with Crippen LogP contribution in [0.5, 0.6) is 5.75 Å². The highest BCUT2D eigenvalue weighted by Gasteiger charge is 2.13. The standard InChI is InChI=1S/C11H12N2O3/c1-15-8-3-7(6-12)9(10(13)4-8)5-11(14)16-2/h3-4H,5,13H2,1-2H3. The topological polar surface area (TPSA) is 85.3 Å². The fraction of sp³-hybridized carbons (Fsp3) is 0.273. The second kappa shape index (κ2) is 5.03. The van der Waals surface area contributed by atoms with Crippen LogP contribution in [0.2, 0.25) is 0 Å². The van der Waals surface area contributed by atoms with Crippen LogP contribution in [0.15, 0.2) is 12.1 Å². The van der Waals surface area contributed by atoms with Gasteiger partial charge in [-0.3, -0.25) is 4.79 Å². The maximum Gasteiger partial charge on any atom is 0.310 e. The van der Waals surface area contributed by atoms with Crippen LogP contribution in [-0.2, 0) is 16.0 Å². The van der Waals surface area contributed by atoms with Gasteiger partial charge in [0.25, 0.3) is 0 Å². The predicted octanol–water partition coefficient (Wildman–Crippen LogP) is 0.865. The van der Waals surface area contributed by atoms with Crippen LogP contribution >= 0.6 is 0 Å². The van der Waals surface area contributed by atoms with E-state index in [2.05, 4.69) is 4.74 Å². The van der Waals surface area contributed by atoms with Gasteiger partial charge in [-0.1, -0.05) is 0 Å². The molecule has 0 aromatic heterocycles. The molecule has 0 amide bonds. The number of nitriles is 1. The van der Waals surface area contributed by atoms with Gasteiger partial charge < -0.3 is 15.2 Å². The minimum Gasteiger partial charge on any atom is -0.497 e. The van der Waals surface area contributed by atoms with E-state index in [9.17, 15) is 4.79 Å². The number of nitrogens with zero attached hydrogens (tertiary/aromatic N) is 1. The highest BCUT2D eigenvalue weighted by Crippen LogP contribution is 2.24. The molecule has 0 atom stereocenters. The van der Waals surface area contributed by atoms with Crippen LogP contribution in [0.4, 0.5) is 5.69 Å². The molecule has 1 aromatic carbocycles. The zero-order chi connectivity index (χ0) is 12.1. The van der Waals surface area contributed by atoms with Gasteiger partial charge in [0, 0.05) is 17.3 Å². The monoisotopic (exact) mass is 220 g/mol. The van der Waals surface area contributed by atoms with Crippen LogP contribution in [-0.4, -0.2) is 20.2 Å². The molecule has 0 heterocycles. The van der Waals surface area contributed by atoms with E-state index < -0.39 is 5.97 Å². The summed E-state index contributed by atoms with van der Waals surface area (Å²) in [5, 5.41) is 8.94. The number of rotatable bonds is 3. The number of hydrogen-bond acceptors (Lipinski definition) is 5. The van der Waals surface area contributed by atoms with Gasteiger partial charge in [-0.25, -0.2) is 0 Å². The molecule has 0 aliphatic heterocycles. The molecule has 1 aromatic rings. The van der Waals surface area contributed by atoms with E-state index >= 15 is 0 Å². The first-order valence-electron chi connectivity index (χ1n) is 4.55. The fourth-order valence-electron chi connectivity index (χ4n) is 1.30. The Morgan fingerprint density at radius 2 is 2.19 bits per heavy atom. The third-order valence-corrected chi connectivity index (χ3v) is 2.16. The number of benzene rings is 1. The summed E-state index contributed by atoms with van der Waals surface area (Å²) in [6, 6.07) is 5.08. The van der Waals surface area contributed by atoms with Crippen molar-refractivity contribution in [1.82, 2.24) is 0 Å². The van der Waals surface area contributed by atoms with Crippen LogP contribution in [0.25, 0.3) is 0 Å². The number of anilines is 1. The first-order chi connectivity index (χ1) is 7.62. The zero-order valence-electron chi connectivity index (χ0n) is 9.11. The van der Waals surface area contributed by atoms with Gasteiger partial charge in [-0.15, -0.1) is 0 Å². The number of ether oxygens (including phenoxy) is 2. The molecule has 84 valence electrons. The summed E-state index contributed by atoms with van der Waals surface area (Å²) in [7, 11) is 2.77. The lowest BCUT2D eigenvalue weighted by Gasteiger charge is -2.09. The third-order valence-electron chi connectivity index (χ3n) is 2.16. The lowest BCUT2D eigenvalue weighted by Crippen LogP contribution is -2.09. The van der Waals surface area contributed by atoms with Crippen molar-refractivity contribution in [3.63, 3.8) is 0 Å². The Labute approximate surface area is 93.4 Å². The van der Waals surface area contributed by atoms with Gasteiger partial charge in [-0.2, -0.15) is 5.26 Å². The molecule has 0 saturated carbocycles. The van der Waals surface area contributed by atoms with Gasteiger partial charge in [-0.05, 0) is 6.07 Å². The Balaban J connectivity index is 3.18. The molecular formula is C11H12N2O3. The number of nitrogen functional groups attached to an aromatic ring is 1. The van der Waals surface area contributed by atoms with Crippen molar-refractivity contribution < 1.29 is 14.3 Å². The van der Waals surface area contributed by atoms with Crippen molar-refractivity contribution in [1.29, 1.82) is 5.26 Å². The fourth-order valence-corrected chi connectivity index (χ4v) is 1.30. The minimum absolute atomic E-state index is 0.0186. The average molecular weight is 220 g/mol. The minimum atomic E-state index is -0.437. The van der Waals surface area contributed by atoms with Gasteiger partial charge >= 0.3 is 5.97 Å². The predicted molar refractivity (Wildman–Crippen MR) is 57.8 cm³/mol. The van der Waals surface area contributed by atoms with Gasteiger partial charge in [0.2, 0.25) is 0 Å². The van der Waals surface area contributed by atoms with Crippen LogP contribution < -0.4 is 10.5 Å². The number of methoxy groups -OCH3 is 2. The summed E-state index contributed by atoms with van der Waals surface area (Å²) in [5.74, 6) is 0.0519. The first kappa shape index (κ1) is 11.9. The lowest BCUT2D eigenvalue weighted by atomic mass is 10.0. The molecule has 2 N–H and O–H groups in total. The molecule has 5 nitrogen and oxygen atoms in total. The lowest BCUT2D eigenvalue weighted by molar-refractivity contribution is -0.139. The van der Waals surface area contributed by atoms with Crippen molar-refractivity contribution in [2.45, 2.75) is 6.42 Å². The van der Waals surface area contributed by atoms with E-state index in [0.717, 1.165) is 0 Å². The van der Waals surface area contributed by atoms with E-state index in [1.165, 1.54) is 20.3 Å². The molecule has 16 heavy (non-hydrogen) atoms. The van der Waals surface area contributed by atoms with Gasteiger partial charge in [0.1, 0.15) is 5.75 Å². The summed E-state index contributed by atoms with van der Waals surface area (Å²) in [6.45, 7) is 0. The van der Waals surface area contributed by atoms with Crippen molar-refractivity contribution in [2.24, 2.45) is 0 Å². The molecule has 0 bridgehead atoms. The van der Waals surface area contributed by atoms with E-state index in [4.69, 9.17) is 15.7 Å². The SMILES string of the molecule is COC(=O)Cc1c(N)cc(OC)cc1C#N. The van der Waals surface area contributed by atoms with Gasteiger partial charge in [0.05, 0.1) is 32.3 Å². The smallest absolute Gasteiger partial charge is 0.310 e. The molecule has 1 rings (SSSR count). The maximum absolute atomic E-state index is 11.1. The highest BCUT2D eigenvalue weighted by molar-refractivity contribution is 5.77. The summed E-state index contributed by atoms with van der Waals surface area (Å²) < 4.78 is 9.51. The summed E-state index contributed by atoms with van der Waals surface area (Å²) in [4.78, 5) is 11.1. The third kappa shape index (κ3) is 2.42. The molecule has 0 fully saturated rings. The molecule has 0 radical (unpaired) electrons. The van der Waals surface area contributed by atoms with Crippen LogP contribution in [0.3, 0.4) is 0 Å². The molecule has 0 spiro atoms. The summed E-state index contributed by atoms with van der Waals surface area (Å²) in [5.41, 5.74) is 6.88. The number of hydrogen-bond donors (Lipinski definition) is 1. The Hall–Kier alpha value is -2.22. The average Bonchev–Trinajstić information content (AvgIpc) is 2.30. The Kier molecular flexibility index (Phi) is 3.72. The largest absolute Gasteiger partial charge is 0.497 e. The van der Waals surface area contributed by atoms with Crippen molar-refractivity contribution >= 4 is 11.7 Å². The normalized spacial score (nSPS) is 9.31. The Morgan fingerprint density at radius 3 is 2.69 bits per heavy atom. The molecule has 5 heteroatoms. The molecule has 0 aliphatic rings. The van der Waals surface area contributed by atoms with E-state index in [1.807, 2.05) is 6.07 Å². The molecular weight excluding hydrogens is 208 g/mol. The number of carbonyl (C=O) groups excluding carboxylic acids is 1. The van der Waals surface area contributed by atoms with E-state index in [1.54, 1.807) is 6.07 Å². The number of carbonyl (C=O) groups is 1. The summed E-state index contributed by atoms with van der Waals surface area (Å²) in [6.07, 6.45) is -0.0186. The van der Waals surface area contributed by atoms with Gasteiger partial charge in [0.15, 0.2) is 0 Å². The van der Waals surface area contributed by atoms with Crippen LogP contribution in [0, 0.1) is 11.3 Å². The van der Waals surface area contributed by atoms with E-state index in [-0.39, 0.29) is 6.42 Å². The molecule has 0 unspecified atom stereocenters. The second-order valence-electron chi connectivity index (χ2n) is 3.11. The Bertz CT molecular complexity index is 449. The second-order valence-corrected chi connectivity index (χ2v) is 3.11. The van der Waals surface area contributed by atoms with Crippen molar-refractivity contribution in [2.75, 3.05) is 20.0 Å². The first-order valence-corrected chi connectivity index (χ1v) is 4.55. The van der Waals surface area contributed by atoms with Crippen molar-refractivity contribution in [3.8, 4) is 11.8 Å². The number of nitrogens with two attached hydrogens (primary N) is 1. The quantitative estimate of drug-likeness (QED) is 0.603. The van der Waals surface area contributed by atoms with Crippen molar-refractivity contribution in [3.05, 3.63) is 23.3 Å². The molecule has 0 aliphatic carbocycles.